The Balaban J connectivity index is 1.28. The van der Waals surface area contributed by atoms with Crippen molar-refractivity contribution in [1.82, 2.24) is 19.5 Å². The lowest BCUT2D eigenvalue weighted by molar-refractivity contribution is -0.671. The molecule has 0 aliphatic heterocycles. The summed E-state index contributed by atoms with van der Waals surface area (Å²) in [7, 11) is 2.05. The molecule has 5 nitrogen and oxygen atoms in total. The maximum atomic E-state index is 5.09. The first-order chi connectivity index (χ1) is 23.7. The molecule has 0 unspecified atom stereocenters. The van der Waals surface area contributed by atoms with Gasteiger partial charge < -0.3 is 0 Å². The quantitative estimate of drug-likeness (QED) is 0.143. The maximum Gasteiger partial charge on any atom is 0.169 e. The number of para-hydroxylation sites is 2. The smallest absolute Gasteiger partial charge is 0.169 e. The molecular formula is C43H30N5+. The number of hydrogen-bond acceptors (Lipinski definition) is 3. The number of hydrogen-bond donors (Lipinski definition) is 0. The Hall–Kier alpha value is -6.46. The zero-order valence-electron chi connectivity index (χ0n) is 26.3. The van der Waals surface area contributed by atoms with Crippen LogP contribution in [0.15, 0.2) is 165 Å². The first-order valence-electron chi connectivity index (χ1n) is 16.1. The molecule has 0 saturated heterocycles. The molecule has 0 radical (unpaired) electrons. The minimum Gasteiger partial charge on any atom is -0.292 e. The van der Waals surface area contributed by atoms with Gasteiger partial charge in [-0.05, 0) is 97.4 Å². The Bertz CT molecular complexity index is 2590. The van der Waals surface area contributed by atoms with Crippen molar-refractivity contribution in [2.24, 2.45) is 7.05 Å². The Morgan fingerprint density at radius 2 is 1.04 bits per heavy atom. The summed E-state index contributed by atoms with van der Waals surface area (Å²) in [6, 6.07) is 45.4. The van der Waals surface area contributed by atoms with E-state index in [2.05, 4.69) is 141 Å². The van der Waals surface area contributed by atoms with Gasteiger partial charge in [-0.1, -0.05) is 72.8 Å². The SMILES string of the molecule is C[n+]1ccc(-c2ccc3c(-c4ccncc4)c4ccccc4c(-c4ccc(-c5nc6ccccc6n5-c5ccncc5)cc4)c3c2)cc1. The first kappa shape index (κ1) is 27.8. The molecule has 0 amide bonds. The number of imidazole rings is 1. The number of benzene rings is 5. The van der Waals surface area contributed by atoms with Gasteiger partial charge in [0.2, 0.25) is 0 Å². The summed E-state index contributed by atoms with van der Waals surface area (Å²) in [4.78, 5) is 13.7. The van der Waals surface area contributed by atoms with E-state index in [-0.39, 0.29) is 0 Å². The van der Waals surface area contributed by atoms with E-state index in [1.165, 1.54) is 43.8 Å². The van der Waals surface area contributed by atoms with Gasteiger partial charge in [0.1, 0.15) is 12.9 Å². The summed E-state index contributed by atoms with van der Waals surface area (Å²) in [6.45, 7) is 0. The Kier molecular flexibility index (Phi) is 6.61. The summed E-state index contributed by atoms with van der Waals surface area (Å²) in [5.41, 5.74) is 11.2. The molecule has 0 bridgehead atoms. The van der Waals surface area contributed by atoms with Crippen molar-refractivity contribution in [2.75, 3.05) is 0 Å². The van der Waals surface area contributed by atoms with Crippen molar-refractivity contribution in [3.05, 3.63) is 165 Å². The van der Waals surface area contributed by atoms with Crippen LogP contribution in [0, 0.1) is 0 Å². The van der Waals surface area contributed by atoms with E-state index in [1.54, 1.807) is 0 Å². The molecule has 0 aliphatic rings. The van der Waals surface area contributed by atoms with E-state index in [0.717, 1.165) is 39.2 Å². The minimum atomic E-state index is 0.899. The lowest BCUT2D eigenvalue weighted by Crippen LogP contribution is -2.25. The third-order valence-electron chi connectivity index (χ3n) is 9.22. The van der Waals surface area contributed by atoms with Crippen LogP contribution in [0.25, 0.3) is 83.0 Å². The van der Waals surface area contributed by atoms with Gasteiger partial charge in [0.25, 0.3) is 0 Å². The van der Waals surface area contributed by atoms with E-state index in [9.17, 15) is 0 Å². The van der Waals surface area contributed by atoms with Crippen molar-refractivity contribution in [2.45, 2.75) is 0 Å². The fourth-order valence-corrected chi connectivity index (χ4v) is 6.95. The van der Waals surface area contributed by atoms with Crippen molar-refractivity contribution in [3.63, 3.8) is 0 Å². The molecular weight excluding hydrogens is 587 g/mol. The van der Waals surface area contributed by atoms with Gasteiger partial charge in [0.15, 0.2) is 12.4 Å². The van der Waals surface area contributed by atoms with Gasteiger partial charge in [-0.3, -0.25) is 14.5 Å². The van der Waals surface area contributed by atoms with Gasteiger partial charge in [-0.25, -0.2) is 9.55 Å². The van der Waals surface area contributed by atoms with Crippen LogP contribution < -0.4 is 4.57 Å². The average Bonchev–Trinajstić information content (AvgIpc) is 3.54. The van der Waals surface area contributed by atoms with Gasteiger partial charge in [0.05, 0.1) is 16.7 Å². The number of pyridine rings is 3. The topological polar surface area (TPSA) is 47.5 Å². The van der Waals surface area contributed by atoms with Crippen molar-refractivity contribution >= 4 is 32.6 Å². The second-order valence-corrected chi connectivity index (χ2v) is 12.1. The third kappa shape index (κ3) is 4.64. The highest BCUT2D eigenvalue weighted by Gasteiger charge is 2.19. The molecule has 48 heavy (non-hydrogen) atoms. The second kappa shape index (κ2) is 11.4. The predicted molar refractivity (Wildman–Crippen MR) is 195 cm³/mol. The molecule has 0 spiro atoms. The Labute approximate surface area is 278 Å². The molecule has 0 saturated carbocycles. The summed E-state index contributed by atoms with van der Waals surface area (Å²) >= 11 is 0. The molecule has 4 aromatic heterocycles. The zero-order valence-corrected chi connectivity index (χ0v) is 26.3. The van der Waals surface area contributed by atoms with Crippen LogP contribution in [0.4, 0.5) is 0 Å². The van der Waals surface area contributed by atoms with E-state index in [1.807, 2.05) is 50.0 Å². The highest BCUT2D eigenvalue weighted by Crippen LogP contribution is 2.45. The van der Waals surface area contributed by atoms with Gasteiger partial charge in [0, 0.05) is 42.5 Å². The molecule has 226 valence electrons. The van der Waals surface area contributed by atoms with Crippen molar-refractivity contribution in [3.8, 4) is 50.5 Å². The lowest BCUT2D eigenvalue weighted by atomic mass is 9.85. The van der Waals surface area contributed by atoms with Crippen LogP contribution in [-0.2, 0) is 7.05 Å². The number of fused-ring (bicyclic) bond motifs is 3. The van der Waals surface area contributed by atoms with Crippen LogP contribution in [0.3, 0.4) is 0 Å². The summed E-state index contributed by atoms with van der Waals surface area (Å²) in [6.07, 6.45) is 11.6. The van der Waals surface area contributed by atoms with Gasteiger partial charge >= 0.3 is 0 Å². The second-order valence-electron chi connectivity index (χ2n) is 12.1. The first-order valence-corrected chi connectivity index (χ1v) is 16.1. The number of nitrogens with zero attached hydrogens (tertiary/aromatic N) is 5. The molecule has 0 aliphatic carbocycles. The van der Waals surface area contributed by atoms with E-state index < -0.39 is 0 Å². The molecule has 9 rings (SSSR count). The molecule has 0 N–H and O–H groups in total. The molecule has 5 aromatic carbocycles. The summed E-state index contributed by atoms with van der Waals surface area (Å²) < 4.78 is 4.28. The predicted octanol–water partition coefficient (Wildman–Crippen LogP) is 9.61. The number of aryl methyl sites for hydroxylation is 1. The summed E-state index contributed by atoms with van der Waals surface area (Å²) in [5, 5.41) is 4.85. The van der Waals surface area contributed by atoms with Crippen LogP contribution in [0.5, 0.6) is 0 Å². The fourth-order valence-electron chi connectivity index (χ4n) is 6.95. The Morgan fingerprint density at radius 3 is 1.77 bits per heavy atom. The molecule has 0 fully saturated rings. The Morgan fingerprint density at radius 1 is 0.479 bits per heavy atom. The van der Waals surface area contributed by atoms with E-state index in [0.29, 0.717) is 0 Å². The fraction of sp³-hybridized carbons (Fsp3) is 0.0233. The highest BCUT2D eigenvalue weighted by molar-refractivity contribution is 6.22. The summed E-state index contributed by atoms with van der Waals surface area (Å²) in [5.74, 6) is 0.899. The van der Waals surface area contributed by atoms with Crippen molar-refractivity contribution in [1.29, 1.82) is 0 Å². The average molecular weight is 617 g/mol. The number of rotatable bonds is 5. The molecule has 5 heteroatoms. The van der Waals surface area contributed by atoms with Gasteiger partial charge in [-0.2, -0.15) is 0 Å². The number of aromatic nitrogens is 5. The lowest BCUT2D eigenvalue weighted by Gasteiger charge is -2.19. The molecule has 4 heterocycles. The maximum absolute atomic E-state index is 5.09. The van der Waals surface area contributed by atoms with Gasteiger partial charge in [-0.15, -0.1) is 0 Å². The minimum absolute atomic E-state index is 0.899. The van der Waals surface area contributed by atoms with Crippen molar-refractivity contribution < 1.29 is 4.57 Å². The standard InChI is InChI=1S/C43H30N5/c1-47-26-20-29(21-27-47)33-14-15-37-38(28-33)42(36-7-3-2-6-35(36)41(37)31-16-22-44-23-17-31)30-10-12-32(13-11-30)43-46-39-8-4-5-9-40(39)48(43)34-18-24-45-25-19-34/h2-28H,1H3/q+1. The van der Waals surface area contributed by atoms with Crippen LogP contribution in [0.1, 0.15) is 0 Å². The van der Waals surface area contributed by atoms with Crippen LogP contribution in [0.2, 0.25) is 0 Å². The molecule has 9 aromatic rings. The highest BCUT2D eigenvalue weighted by atomic mass is 15.1. The van der Waals surface area contributed by atoms with E-state index in [4.69, 9.17) is 4.98 Å². The molecule has 0 atom stereocenters. The monoisotopic (exact) mass is 616 g/mol. The normalized spacial score (nSPS) is 11.4. The zero-order chi connectivity index (χ0) is 32.0. The van der Waals surface area contributed by atoms with E-state index >= 15 is 0 Å². The third-order valence-corrected chi connectivity index (χ3v) is 9.22. The largest absolute Gasteiger partial charge is 0.292 e. The van der Waals surface area contributed by atoms with Crippen LogP contribution >= 0.6 is 0 Å². The van der Waals surface area contributed by atoms with Crippen LogP contribution in [-0.4, -0.2) is 19.5 Å².